The molecular weight excluding hydrogens is 319 g/mol. The predicted octanol–water partition coefficient (Wildman–Crippen LogP) is 3.48. The number of carbonyl (C=O) groups is 1. The van der Waals surface area contributed by atoms with E-state index in [0.29, 0.717) is 10.5 Å². The number of alkyl halides is 3. The molecule has 2 heterocycles. The molecule has 0 fully saturated rings. The average molecular weight is 328 g/mol. The molecule has 1 aromatic carbocycles. The van der Waals surface area contributed by atoms with Crippen molar-refractivity contribution in [2.24, 2.45) is 0 Å². The van der Waals surface area contributed by atoms with Crippen molar-refractivity contribution in [1.82, 2.24) is 4.98 Å². The Morgan fingerprint density at radius 2 is 1.83 bits per heavy atom. The van der Waals surface area contributed by atoms with Crippen LogP contribution >= 0.6 is 0 Å². The minimum absolute atomic E-state index is 0.0880. The second kappa shape index (κ2) is 5.29. The van der Waals surface area contributed by atoms with Gasteiger partial charge < -0.3 is 4.90 Å². The quantitative estimate of drug-likeness (QED) is 0.751. The standard InChI is InChI=1S/C15H9F5N2O/c16-11-4-10(6-21-7-11)9-3-8-1-2-22(13(8)12(17)5-9)14(23)15(18,19)20/h3-7H,1-2H2. The van der Waals surface area contributed by atoms with Crippen LogP contribution in [0.2, 0.25) is 0 Å². The fourth-order valence-corrected chi connectivity index (χ4v) is 2.59. The number of halogens is 5. The van der Waals surface area contributed by atoms with E-state index < -0.39 is 23.7 Å². The molecule has 1 amide bonds. The summed E-state index contributed by atoms with van der Waals surface area (Å²) >= 11 is 0. The van der Waals surface area contributed by atoms with Gasteiger partial charge in [0.15, 0.2) is 0 Å². The third-order valence-electron chi connectivity index (χ3n) is 3.54. The Kier molecular flexibility index (Phi) is 3.54. The van der Waals surface area contributed by atoms with Gasteiger partial charge in [0.05, 0.1) is 11.9 Å². The van der Waals surface area contributed by atoms with E-state index in [2.05, 4.69) is 4.98 Å². The maximum atomic E-state index is 14.3. The predicted molar refractivity (Wildman–Crippen MR) is 71.7 cm³/mol. The zero-order valence-corrected chi connectivity index (χ0v) is 11.5. The fourth-order valence-electron chi connectivity index (χ4n) is 2.59. The van der Waals surface area contributed by atoms with Crippen LogP contribution in [-0.4, -0.2) is 23.6 Å². The monoisotopic (exact) mass is 328 g/mol. The molecule has 0 N–H and O–H groups in total. The van der Waals surface area contributed by atoms with E-state index in [4.69, 9.17) is 0 Å². The smallest absolute Gasteiger partial charge is 0.301 e. The maximum Gasteiger partial charge on any atom is 0.471 e. The van der Waals surface area contributed by atoms with E-state index in [1.165, 1.54) is 12.3 Å². The number of hydrogen-bond donors (Lipinski definition) is 0. The number of fused-ring (bicyclic) bond motifs is 1. The highest BCUT2D eigenvalue weighted by atomic mass is 19.4. The molecule has 8 heteroatoms. The number of amides is 1. The van der Waals surface area contributed by atoms with Gasteiger partial charge in [-0.05, 0) is 35.7 Å². The average Bonchev–Trinajstić information content (AvgIpc) is 2.89. The number of benzene rings is 1. The number of aromatic nitrogens is 1. The molecule has 0 radical (unpaired) electrons. The number of carbonyl (C=O) groups excluding carboxylic acids is 1. The molecule has 23 heavy (non-hydrogen) atoms. The molecular formula is C15H9F5N2O. The topological polar surface area (TPSA) is 33.2 Å². The van der Waals surface area contributed by atoms with Crippen LogP contribution in [0.5, 0.6) is 0 Å². The van der Waals surface area contributed by atoms with Crippen LogP contribution in [0.4, 0.5) is 27.6 Å². The first-order valence-electron chi connectivity index (χ1n) is 6.59. The van der Waals surface area contributed by atoms with Crippen molar-refractivity contribution >= 4 is 11.6 Å². The van der Waals surface area contributed by atoms with Crippen LogP contribution in [0.15, 0.2) is 30.6 Å². The zero-order chi connectivity index (χ0) is 16.8. The van der Waals surface area contributed by atoms with E-state index in [0.717, 1.165) is 18.3 Å². The first-order chi connectivity index (χ1) is 10.8. The number of hydrogen-bond acceptors (Lipinski definition) is 2. The van der Waals surface area contributed by atoms with Crippen molar-refractivity contribution in [3.05, 3.63) is 47.8 Å². The molecule has 0 bridgehead atoms. The highest BCUT2D eigenvalue weighted by Crippen LogP contribution is 2.37. The van der Waals surface area contributed by atoms with E-state index in [-0.39, 0.29) is 29.8 Å². The van der Waals surface area contributed by atoms with Gasteiger partial charge in [-0.15, -0.1) is 0 Å². The summed E-state index contributed by atoms with van der Waals surface area (Å²) in [6, 6.07) is 3.55. The molecule has 0 atom stereocenters. The third kappa shape index (κ3) is 2.76. The van der Waals surface area contributed by atoms with Crippen LogP contribution in [-0.2, 0) is 11.2 Å². The Morgan fingerprint density at radius 1 is 1.09 bits per heavy atom. The van der Waals surface area contributed by atoms with Crippen LogP contribution < -0.4 is 4.90 Å². The molecule has 1 aliphatic rings. The Labute approximate surface area is 127 Å². The molecule has 1 aliphatic heterocycles. The summed E-state index contributed by atoms with van der Waals surface area (Å²) in [5.41, 5.74) is 0.476. The van der Waals surface area contributed by atoms with Gasteiger partial charge in [0.25, 0.3) is 0 Å². The normalized spacial score (nSPS) is 14.0. The molecule has 3 nitrogen and oxygen atoms in total. The van der Waals surface area contributed by atoms with Crippen molar-refractivity contribution < 1.29 is 26.7 Å². The first kappa shape index (κ1) is 15.4. The van der Waals surface area contributed by atoms with E-state index in [1.807, 2.05) is 0 Å². The SMILES string of the molecule is O=C(N1CCc2cc(-c3cncc(F)c3)cc(F)c21)C(F)(F)F. The highest BCUT2D eigenvalue weighted by molar-refractivity contribution is 5.99. The Bertz CT molecular complexity index is 788. The molecule has 3 rings (SSSR count). The Hall–Kier alpha value is -2.51. The van der Waals surface area contributed by atoms with Crippen molar-refractivity contribution in [1.29, 1.82) is 0 Å². The van der Waals surface area contributed by atoms with Gasteiger partial charge in [0, 0.05) is 18.3 Å². The van der Waals surface area contributed by atoms with Crippen LogP contribution in [0.25, 0.3) is 11.1 Å². The van der Waals surface area contributed by atoms with Crippen LogP contribution in [0.3, 0.4) is 0 Å². The minimum Gasteiger partial charge on any atom is -0.301 e. The molecule has 120 valence electrons. The first-order valence-corrected chi connectivity index (χ1v) is 6.59. The summed E-state index contributed by atoms with van der Waals surface area (Å²) in [7, 11) is 0. The summed E-state index contributed by atoms with van der Waals surface area (Å²) in [6.07, 6.45) is -2.68. The van der Waals surface area contributed by atoms with Gasteiger partial charge >= 0.3 is 12.1 Å². The molecule has 0 spiro atoms. The lowest BCUT2D eigenvalue weighted by atomic mass is 10.0. The Morgan fingerprint density at radius 3 is 2.48 bits per heavy atom. The van der Waals surface area contributed by atoms with Gasteiger partial charge in [-0.2, -0.15) is 13.2 Å². The highest BCUT2D eigenvalue weighted by Gasteiger charge is 2.45. The Balaban J connectivity index is 2.04. The van der Waals surface area contributed by atoms with Crippen LogP contribution in [0, 0.1) is 11.6 Å². The van der Waals surface area contributed by atoms with Gasteiger partial charge in [-0.25, -0.2) is 8.78 Å². The maximum absolute atomic E-state index is 14.3. The molecule has 0 aliphatic carbocycles. The second-order valence-corrected chi connectivity index (χ2v) is 5.06. The van der Waals surface area contributed by atoms with Crippen molar-refractivity contribution in [3.8, 4) is 11.1 Å². The van der Waals surface area contributed by atoms with Gasteiger partial charge in [0.1, 0.15) is 11.6 Å². The summed E-state index contributed by atoms with van der Waals surface area (Å²) in [5.74, 6) is -3.68. The summed E-state index contributed by atoms with van der Waals surface area (Å²) in [6.45, 7) is -0.255. The van der Waals surface area contributed by atoms with Gasteiger partial charge in [0.2, 0.25) is 0 Å². The minimum atomic E-state index is -5.07. The number of pyridine rings is 1. The molecule has 1 aromatic heterocycles. The molecule has 0 saturated carbocycles. The number of nitrogens with zero attached hydrogens (tertiary/aromatic N) is 2. The van der Waals surface area contributed by atoms with Crippen LogP contribution in [0.1, 0.15) is 5.56 Å². The largest absolute Gasteiger partial charge is 0.471 e. The lowest BCUT2D eigenvalue weighted by Crippen LogP contribution is -2.40. The lowest BCUT2D eigenvalue weighted by molar-refractivity contribution is -0.170. The third-order valence-corrected chi connectivity index (χ3v) is 3.54. The van der Waals surface area contributed by atoms with E-state index in [9.17, 15) is 26.7 Å². The van der Waals surface area contributed by atoms with E-state index >= 15 is 0 Å². The molecule has 0 unspecified atom stereocenters. The van der Waals surface area contributed by atoms with E-state index in [1.54, 1.807) is 0 Å². The molecule has 0 saturated heterocycles. The second-order valence-electron chi connectivity index (χ2n) is 5.06. The summed E-state index contributed by atoms with van der Waals surface area (Å²) < 4.78 is 65.1. The van der Waals surface area contributed by atoms with Crippen molar-refractivity contribution in [3.63, 3.8) is 0 Å². The van der Waals surface area contributed by atoms with Crippen molar-refractivity contribution in [2.75, 3.05) is 11.4 Å². The van der Waals surface area contributed by atoms with Gasteiger partial charge in [-0.3, -0.25) is 9.78 Å². The number of rotatable bonds is 1. The lowest BCUT2D eigenvalue weighted by Gasteiger charge is -2.19. The van der Waals surface area contributed by atoms with Gasteiger partial charge in [-0.1, -0.05) is 0 Å². The van der Waals surface area contributed by atoms with Crippen molar-refractivity contribution in [2.45, 2.75) is 12.6 Å². The number of anilines is 1. The zero-order valence-electron chi connectivity index (χ0n) is 11.5. The molecule has 2 aromatic rings. The summed E-state index contributed by atoms with van der Waals surface area (Å²) in [4.78, 5) is 15.4. The summed E-state index contributed by atoms with van der Waals surface area (Å²) in [5, 5.41) is 0. The fraction of sp³-hybridized carbons (Fsp3) is 0.200.